The second-order valence-electron chi connectivity index (χ2n) is 5.15. The summed E-state index contributed by atoms with van der Waals surface area (Å²) in [6.07, 6.45) is 1.22. The number of thiophene rings is 1. The highest BCUT2D eigenvalue weighted by atomic mass is 32.1. The summed E-state index contributed by atoms with van der Waals surface area (Å²) in [5.41, 5.74) is 0.637. The molecule has 0 aliphatic carbocycles. The summed E-state index contributed by atoms with van der Waals surface area (Å²) in [5, 5.41) is 9.18. The van der Waals surface area contributed by atoms with Gasteiger partial charge in [0.05, 0.1) is 35.2 Å². The fraction of sp³-hybridized carbons (Fsp3) is 0.438. The zero-order chi connectivity index (χ0) is 17.0. The summed E-state index contributed by atoms with van der Waals surface area (Å²) in [7, 11) is 3.02. The standard InChI is InChI=1S/C16H19NO5S/c1-4-5-9(16(19)20)6-11(18)14-7-10-13(23-14)8-12(21-2)15(17-10)22-3/h7-9H,4-6H2,1-3H3,(H,19,20). The summed E-state index contributed by atoms with van der Waals surface area (Å²) in [4.78, 5) is 28.4. The average Bonchev–Trinajstić information content (AvgIpc) is 2.95. The first kappa shape index (κ1) is 17.2. The average molecular weight is 337 g/mol. The first-order chi connectivity index (χ1) is 11.0. The lowest BCUT2D eigenvalue weighted by molar-refractivity contribution is -0.141. The Labute approximate surface area is 138 Å². The number of ketones is 1. The fourth-order valence-electron chi connectivity index (χ4n) is 2.35. The number of fused-ring (bicyclic) bond motifs is 1. The van der Waals surface area contributed by atoms with E-state index in [1.807, 2.05) is 6.92 Å². The molecule has 1 N–H and O–H groups in total. The Kier molecular flexibility index (Phi) is 5.54. The van der Waals surface area contributed by atoms with Crippen molar-refractivity contribution < 1.29 is 24.2 Å². The molecule has 2 aromatic rings. The summed E-state index contributed by atoms with van der Waals surface area (Å²) in [6, 6.07) is 3.44. The molecule has 0 bridgehead atoms. The number of pyridine rings is 1. The van der Waals surface area contributed by atoms with Crippen molar-refractivity contribution in [3.05, 3.63) is 17.0 Å². The normalized spacial score (nSPS) is 12.1. The first-order valence-electron chi connectivity index (χ1n) is 7.28. The van der Waals surface area contributed by atoms with Crippen LogP contribution in [0.25, 0.3) is 10.2 Å². The molecule has 0 fully saturated rings. The smallest absolute Gasteiger partial charge is 0.306 e. The lowest BCUT2D eigenvalue weighted by Crippen LogP contribution is -2.17. The van der Waals surface area contributed by atoms with Gasteiger partial charge in [0.1, 0.15) is 0 Å². The summed E-state index contributed by atoms with van der Waals surface area (Å²) < 4.78 is 11.1. The van der Waals surface area contributed by atoms with Crippen molar-refractivity contribution in [2.24, 2.45) is 5.92 Å². The minimum absolute atomic E-state index is 0.00423. The maximum absolute atomic E-state index is 12.4. The van der Waals surface area contributed by atoms with E-state index in [1.165, 1.54) is 25.6 Å². The van der Waals surface area contributed by atoms with Gasteiger partial charge in [-0.25, -0.2) is 4.98 Å². The van der Waals surface area contributed by atoms with E-state index in [0.29, 0.717) is 28.4 Å². The Bertz CT molecular complexity index is 684. The molecule has 1 unspecified atom stereocenters. The van der Waals surface area contributed by atoms with Gasteiger partial charge in [-0.2, -0.15) is 0 Å². The van der Waals surface area contributed by atoms with Gasteiger partial charge in [0.2, 0.25) is 0 Å². The molecule has 2 rings (SSSR count). The van der Waals surface area contributed by atoms with Crippen LogP contribution in [0.2, 0.25) is 0 Å². The lowest BCUT2D eigenvalue weighted by atomic mass is 9.97. The molecular weight excluding hydrogens is 318 g/mol. The molecule has 0 spiro atoms. The van der Waals surface area contributed by atoms with Gasteiger partial charge in [0.15, 0.2) is 11.5 Å². The minimum Gasteiger partial charge on any atom is -0.491 e. The molecule has 0 aromatic carbocycles. The highest BCUT2D eigenvalue weighted by Crippen LogP contribution is 2.34. The zero-order valence-electron chi connectivity index (χ0n) is 13.3. The predicted molar refractivity (Wildman–Crippen MR) is 87.7 cm³/mol. The van der Waals surface area contributed by atoms with Crippen molar-refractivity contribution >= 4 is 33.3 Å². The van der Waals surface area contributed by atoms with Gasteiger partial charge in [0, 0.05) is 12.5 Å². The molecule has 1 atom stereocenters. The molecule has 0 aliphatic heterocycles. The minimum atomic E-state index is -0.928. The number of nitrogens with zero attached hydrogens (tertiary/aromatic N) is 1. The largest absolute Gasteiger partial charge is 0.491 e. The van der Waals surface area contributed by atoms with Crippen LogP contribution >= 0.6 is 11.3 Å². The van der Waals surface area contributed by atoms with Gasteiger partial charge in [-0.15, -0.1) is 11.3 Å². The highest BCUT2D eigenvalue weighted by Gasteiger charge is 2.23. The Morgan fingerprint density at radius 1 is 1.30 bits per heavy atom. The summed E-state index contributed by atoms with van der Waals surface area (Å²) in [6.45, 7) is 1.91. The lowest BCUT2D eigenvalue weighted by Gasteiger charge is -2.08. The maximum atomic E-state index is 12.4. The number of Topliss-reactive ketones (excluding diaryl/α,β-unsaturated/α-hetero) is 1. The number of ether oxygens (including phenoxy) is 2. The van der Waals surface area contributed by atoms with E-state index in [2.05, 4.69) is 4.98 Å². The van der Waals surface area contributed by atoms with Crippen molar-refractivity contribution in [3.63, 3.8) is 0 Å². The Hall–Kier alpha value is -2.15. The van der Waals surface area contributed by atoms with E-state index in [-0.39, 0.29) is 12.2 Å². The van der Waals surface area contributed by atoms with Crippen LogP contribution in [0, 0.1) is 5.92 Å². The number of aromatic nitrogens is 1. The Morgan fingerprint density at radius 2 is 2.04 bits per heavy atom. The van der Waals surface area contributed by atoms with Crippen LogP contribution in [0.5, 0.6) is 11.6 Å². The van der Waals surface area contributed by atoms with Crippen LogP contribution in [0.4, 0.5) is 0 Å². The number of carbonyl (C=O) groups is 2. The van der Waals surface area contributed by atoms with Crippen LogP contribution < -0.4 is 9.47 Å². The number of rotatable bonds is 8. The molecule has 0 saturated carbocycles. The van der Waals surface area contributed by atoms with Gasteiger partial charge >= 0.3 is 5.97 Å². The van der Waals surface area contributed by atoms with Gasteiger partial charge in [-0.3, -0.25) is 9.59 Å². The van der Waals surface area contributed by atoms with Crippen molar-refractivity contribution in [2.45, 2.75) is 26.2 Å². The number of carbonyl (C=O) groups excluding carboxylic acids is 1. The number of hydrogen-bond acceptors (Lipinski definition) is 6. The van der Waals surface area contributed by atoms with Crippen molar-refractivity contribution in [2.75, 3.05) is 14.2 Å². The van der Waals surface area contributed by atoms with Crippen LogP contribution in [0.3, 0.4) is 0 Å². The van der Waals surface area contributed by atoms with Crippen molar-refractivity contribution in [1.82, 2.24) is 4.98 Å². The fourth-order valence-corrected chi connectivity index (χ4v) is 3.33. The number of carboxylic acid groups (broad SMARTS) is 1. The SMILES string of the molecule is CCCC(CC(=O)c1cc2nc(OC)c(OC)cc2s1)C(=O)O. The predicted octanol–water partition coefficient (Wildman–Crippen LogP) is 3.39. The van der Waals surface area contributed by atoms with Crippen LogP contribution in [0.15, 0.2) is 12.1 Å². The topological polar surface area (TPSA) is 85.7 Å². The third-order valence-electron chi connectivity index (χ3n) is 3.54. The Morgan fingerprint density at radius 3 is 2.61 bits per heavy atom. The van der Waals surface area contributed by atoms with E-state index < -0.39 is 11.9 Å². The van der Waals surface area contributed by atoms with E-state index >= 15 is 0 Å². The maximum Gasteiger partial charge on any atom is 0.306 e. The molecule has 2 heterocycles. The Balaban J connectivity index is 2.29. The van der Waals surface area contributed by atoms with E-state index in [0.717, 1.165) is 11.1 Å². The monoisotopic (exact) mass is 337 g/mol. The molecular formula is C16H19NO5S. The second-order valence-corrected chi connectivity index (χ2v) is 6.23. The third kappa shape index (κ3) is 3.79. The summed E-state index contributed by atoms with van der Waals surface area (Å²) in [5.74, 6) is -0.897. The molecule has 0 saturated heterocycles. The molecule has 0 amide bonds. The second kappa shape index (κ2) is 7.41. The number of hydrogen-bond donors (Lipinski definition) is 1. The summed E-state index contributed by atoms with van der Waals surface area (Å²) >= 11 is 1.29. The molecule has 0 radical (unpaired) electrons. The van der Waals surface area contributed by atoms with E-state index in [1.54, 1.807) is 12.1 Å². The van der Waals surface area contributed by atoms with E-state index in [9.17, 15) is 14.7 Å². The quantitative estimate of drug-likeness (QED) is 0.743. The zero-order valence-corrected chi connectivity index (χ0v) is 14.1. The number of carboxylic acids is 1. The molecule has 124 valence electrons. The molecule has 7 heteroatoms. The van der Waals surface area contributed by atoms with E-state index in [4.69, 9.17) is 9.47 Å². The highest BCUT2D eigenvalue weighted by molar-refractivity contribution is 7.20. The van der Waals surface area contributed by atoms with Gasteiger partial charge in [0.25, 0.3) is 5.88 Å². The van der Waals surface area contributed by atoms with Gasteiger partial charge < -0.3 is 14.6 Å². The van der Waals surface area contributed by atoms with Crippen LogP contribution in [-0.2, 0) is 4.79 Å². The number of methoxy groups -OCH3 is 2. The van der Waals surface area contributed by atoms with Gasteiger partial charge in [-0.05, 0) is 12.5 Å². The third-order valence-corrected chi connectivity index (χ3v) is 4.65. The first-order valence-corrected chi connectivity index (χ1v) is 8.10. The number of aliphatic carboxylic acids is 1. The van der Waals surface area contributed by atoms with Crippen LogP contribution in [0.1, 0.15) is 35.9 Å². The molecule has 2 aromatic heterocycles. The van der Waals surface area contributed by atoms with Crippen molar-refractivity contribution in [3.8, 4) is 11.6 Å². The molecule has 23 heavy (non-hydrogen) atoms. The van der Waals surface area contributed by atoms with Crippen LogP contribution in [-0.4, -0.2) is 36.1 Å². The molecule has 6 nitrogen and oxygen atoms in total. The van der Waals surface area contributed by atoms with Gasteiger partial charge in [-0.1, -0.05) is 13.3 Å². The molecule has 0 aliphatic rings. The van der Waals surface area contributed by atoms with Crippen molar-refractivity contribution in [1.29, 1.82) is 0 Å².